The molecule has 5 nitrogen and oxygen atoms in total. The lowest BCUT2D eigenvalue weighted by atomic mass is 10.2. The molecule has 1 aromatic rings. The van der Waals surface area contributed by atoms with Crippen molar-refractivity contribution in [2.24, 2.45) is 4.99 Å². The lowest BCUT2D eigenvalue weighted by Gasteiger charge is -2.18. The molecular formula is C18H30IN3O2S. The number of aliphatic imine (C=N–C) groups is 1. The van der Waals surface area contributed by atoms with Crippen LogP contribution < -0.4 is 20.1 Å². The SMILES string of the molecule is CCOc1cc(CNC(=NC)NC2CCC(SC)C2)ccc1OC.I. The summed E-state index contributed by atoms with van der Waals surface area (Å²) in [6.07, 6.45) is 5.90. The highest BCUT2D eigenvalue weighted by Gasteiger charge is 2.24. The Labute approximate surface area is 172 Å². The van der Waals surface area contributed by atoms with Crippen LogP contribution in [0, 0.1) is 0 Å². The molecule has 0 spiro atoms. The molecule has 0 amide bonds. The summed E-state index contributed by atoms with van der Waals surface area (Å²) in [6, 6.07) is 6.52. The van der Waals surface area contributed by atoms with Crippen molar-refractivity contribution >= 4 is 41.7 Å². The van der Waals surface area contributed by atoms with Crippen LogP contribution >= 0.6 is 35.7 Å². The van der Waals surface area contributed by atoms with E-state index in [2.05, 4.69) is 21.9 Å². The normalized spacial score (nSPS) is 19.9. The van der Waals surface area contributed by atoms with E-state index < -0.39 is 0 Å². The molecule has 7 heteroatoms. The van der Waals surface area contributed by atoms with Crippen LogP contribution in [-0.2, 0) is 6.54 Å². The summed E-state index contributed by atoms with van der Waals surface area (Å²) < 4.78 is 11.0. The molecule has 0 aromatic heterocycles. The zero-order valence-electron chi connectivity index (χ0n) is 15.5. The molecule has 1 saturated carbocycles. The predicted molar refractivity (Wildman–Crippen MR) is 118 cm³/mol. The van der Waals surface area contributed by atoms with E-state index in [9.17, 15) is 0 Å². The molecule has 0 radical (unpaired) electrons. The second-order valence-corrected chi connectivity index (χ2v) is 6.99. The van der Waals surface area contributed by atoms with Crippen molar-refractivity contribution in [1.82, 2.24) is 10.6 Å². The van der Waals surface area contributed by atoms with Crippen molar-refractivity contribution in [3.8, 4) is 11.5 Å². The standard InChI is InChI=1S/C18H29N3O2S.HI/c1-5-23-17-10-13(6-9-16(17)22-3)12-20-18(19-2)21-14-7-8-15(11-14)24-4;/h6,9-10,14-15H,5,7-8,11-12H2,1-4H3,(H2,19,20,21);1H. The predicted octanol–water partition coefficient (Wildman–Crippen LogP) is 3.66. The maximum absolute atomic E-state index is 5.63. The van der Waals surface area contributed by atoms with Gasteiger partial charge >= 0.3 is 0 Å². The summed E-state index contributed by atoms with van der Waals surface area (Å²) in [5.74, 6) is 2.40. The highest BCUT2D eigenvalue weighted by atomic mass is 127. The number of halogens is 1. The van der Waals surface area contributed by atoms with Gasteiger partial charge in [0, 0.05) is 24.9 Å². The third-order valence-corrected chi connectivity index (χ3v) is 5.36. The van der Waals surface area contributed by atoms with E-state index >= 15 is 0 Å². The summed E-state index contributed by atoms with van der Waals surface area (Å²) in [7, 11) is 3.47. The van der Waals surface area contributed by atoms with Gasteiger partial charge < -0.3 is 20.1 Å². The van der Waals surface area contributed by atoms with Gasteiger partial charge in [0.05, 0.1) is 13.7 Å². The smallest absolute Gasteiger partial charge is 0.191 e. The summed E-state index contributed by atoms with van der Waals surface area (Å²) in [5.41, 5.74) is 1.13. The first kappa shape index (κ1) is 22.2. The van der Waals surface area contributed by atoms with Gasteiger partial charge in [0.2, 0.25) is 0 Å². The lowest BCUT2D eigenvalue weighted by Crippen LogP contribution is -2.42. The van der Waals surface area contributed by atoms with Crippen LogP contribution in [0.5, 0.6) is 11.5 Å². The fraction of sp³-hybridized carbons (Fsp3) is 0.611. The molecule has 2 atom stereocenters. The summed E-state index contributed by atoms with van der Waals surface area (Å²) in [4.78, 5) is 4.34. The molecule has 2 unspecified atom stereocenters. The summed E-state index contributed by atoms with van der Waals surface area (Å²) >= 11 is 1.96. The van der Waals surface area contributed by atoms with E-state index in [1.807, 2.05) is 43.9 Å². The minimum Gasteiger partial charge on any atom is -0.493 e. The topological polar surface area (TPSA) is 54.9 Å². The average Bonchev–Trinajstić information content (AvgIpc) is 3.06. The van der Waals surface area contributed by atoms with Crippen LogP contribution in [0.4, 0.5) is 0 Å². The second-order valence-electron chi connectivity index (χ2n) is 5.86. The Bertz CT molecular complexity index is 557. The van der Waals surface area contributed by atoms with Crippen molar-refractivity contribution < 1.29 is 9.47 Å². The van der Waals surface area contributed by atoms with Gasteiger partial charge in [-0.25, -0.2) is 0 Å². The van der Waals surface area contributed by atoms with Gasteiger partial charge in [0.1, 0.15) is 0 Å². The molecule has 0 heterocycles. The molecule has 2 rings (SSSR count). The third-order valence-electron chi connectivity index (χ3n) is 4.27. The van der Waals surface area contributed by atoms with E-state index in [4.69, 9.17) is 9.47 Å². The molecular weight excluding hydrogens is 449 g/mol. The minimum absolute atomic E-state index is 0. The van der Waals surface area contributed by atoms with Crippen LogP contribution in [-0.4, -0.2) is 44.3 Å². The highest BCUT2D eigenvalue weighted by molar-refractivity contribution is 14.0. The van der Waals surface area contributed by atoms with Gasteiger partial charge in [-0.1, -0.05) is 6.07 Å². The molecule has 2 N–H and O–H groups in total. The minimum atomic E-state index is 0. The highest BCUT2D eigenvalue weighted by Crippen LogP contribution is 2.29. The van der Waals surface area contributed by atoms with E-state index in [-0.39, 0.29) is 24.0 Å². The van der Waals surface area contributed by atoms with Crippen molar-refractivity contribution in [2.75, 3.05) is 27.0 Å². The Morgan fingerprint density at radius 2 is 2.12 bits per heavy atom. The van der Waals surface area contributed by atoms with Gasteiger partial charge in [-0.05, 0) is 50.1 Å². The number of nitrogens with one attached hydrogen (secondary N) is 2. The molecule has 0 saturated heterocycles. The van der Waals surface area contributed by atoms with Crippen molar-refractivity contribution in [3.05, 3.63) is 23.8 Å². The van der Waals surface area contributed by atoms with E-state index in [0.29, 0.717) is 19.2 Å². The van der Waals surface area contributed by atoms with Crippen molar-refractivity contribution in [3.63, 3.8) is 0 Å². The van der Waals surface area contributed by atoms with E-state index in [1.165, 1.54) is 19.3 Å². The Hall–Kier alpha value is -0.830. The zero-order valence-corrected chi connectivity index (χ0v) is 18.6. The number of thioether (sulfide) groups is 1. The van der Waals surface area contributed by atoms with Gasteiger partial charge in [-0.2, -0.15) is 11.8 Å². The monoisotopic (exact) mass is 479 g/mol. The van der Waals surface area contributed by atoms with Crippen molar-refractivity contribution in [2.45, 2.75) is 44.0 Å². The molecule has 25 heavy (non-hydrogen) atoms. The number of hydrogen-bond donors (Lipinski definition) is 2. The second kappa shape index (κ2) is 11.7. The Kier molecular flexibility index (Phi) is 10.4. The number of nitrogens with zero attached hydrogens (tertiary/aromatic N) is 1. The first-order valence-corrected chi connectivity index (χ1v) is 9.78. The quantitative estimate of drug-likeness (QED) is 0.355. The Morgan fingerprint density at radius 3 is 2.72 bits per heavy atom. The maximum atomic E-state index is 5.63. The molecule has 0 bridgehead atoms. The molecule has 142 valence electrons. The largest absolute Gasteiger partial charge is 0.493 e. The number of guanidine groups is 1. The first-order valence-electron chi connectivity index (χ1n) is 8.49. The number of hydrogen-bond acceptors (Lipinski definition) is 4. The molecule has 1 aliphatic rings. The van der Waals surface area contributed by atoms with Gasteiger partial charge in [0.25, 0.3) is 0 Å². The number of methoxy groups -OCH3 is 1. The van der Waals surface area contributed by atoms with Crippen molar-refractivity contribution in [1.29, 1.82) is 0 Å². The van der Waals surface area contributed by atoms with Crippen LogP contribution in [0.1, 0.15) is 31.7 Å². The fourth-order valence-corrected chi connectivity index (χ4v) is 3.75. The van der Waals surface area contributed by atoms with Crippen LogP contribution in [0.3, 0.4) is 0 Å². The van der Waals surface area contributed by atoms with Crippen LogP contribution in [0.2, 0.25) is 0 Å². The summed E-state index contributed by atoms with van der Waals surface area (Å²) in [6.45, 7) is 3.29. The fourth-order valence-electron chi connectivity index (χ4n) is 2.96. The molecule has 0 aliphatic heterocycles. The average molecular weight is 479 g/mol. The van der Waals surface area contributed by atoms with Gasteiger partial charge in [-0.15, -0.1) is 24.0 Å². The molecule has 1 aliphatic carbocycles. The van der Waals surface area contributed by atoms with Gasteiger partial charge in [-0.3, -0.25) is 4.99 Å². The third kappa shape index (κ3) is 6.77. The summed E-state index contributed by atoms with van der Waals surface area (Å²) in [5, 5.41) is 7.69. The molecule has 1 aromatic carbocycles. The number of ether oxygens (including phenoxy) is 2. The van der Waals surface area contributed by atoms with E-state index in [1.54, 1.807) is 7.11 Å². The van der Waals surface area contributed by atoms with Crippen LogP contribution in [0.15, 0.2) is 23.2 Å². The van der Waals surface area contributed by atoms with E-state index in [0.717, 1.165) is 28.3 Å². The molecule has 1 fully saturated rings. The number of rotatable bonds is 7. The van der Waals surface area contributed by atoms with Crippen LogP contribution in [0.25, 0.3) is 0 Å². The first-order chi connectivity index (χ1) is 11.7. The Morgan fingerprint density at radius 1 is 1.32 bits per heavy atom. The zero-order chi connectivity index (χ0) is 17.4. The van der Waals surface area contributed by atoms with Gasteiger partial charge in [0.15, 0.2) is 17.5 Å². The Balaban J connectivity index is 0.00000312. The number of benzene rings is 1. The maximum Gasteiger partial charge on any atom is 0.191 e. The lowest BCUT2D eigenvalue weighted by molar-refractivity contribution is 0.310.